The zero-order chi connectivity index (χ0) is 22.0. The Morgan fingerprint density at radius 2 is 1.97 bits per heavy atom. The second-order valence-corrected chi connectivity index (χ2v) is 7.47. The third-order valence-electron chi connectivity index (χ3n) is 5.13. The number of aromatic nitrogens is 1. The molecule has 161 valence electrons. The number of methoxy groups -OCH3 is 1. The normalized spacial score (nSPS) is 15.2. The van der Waals surface area contributed by atoms with Crippen molar-refractivity contribution in [3.05, 3.63) is 70.9 Å². The number of carboxylic acid groups (broad SMARTS) is 1. The summed E-state index contributed by atoms with van der Waals surface area (Å²) in [4.78, 5) is 28.3. The van der Waals surface area contributed by atoms with Crippen LogP contribution in [-0.4, -0.2) is 39.8 Å². The standard InChI is InChI=1S/C23H19ClN3O4.Y/c1-31-16-8-7-15-11-17(23(24)25-18(15)12-16)20-13-19(14-5-3-2-4-6-14)26-27(20)21(28)9-10-22(29)30;/h3-8,11-12,20H,9-10,13H2,1H3,(H,29,30);/q-1;. The van der Waals surface area contributed by atoms with Crippen LogP contribution in [-0.2, 0) is 42.3 Å². The molecule has 0 spiro atoms. The van der Waals surface area contributed by atoms with E-state index in [9.17, 15) is 9.59 Å². The summed E-state index contributed by atoms with van der Waals surface area (Å²) in [6.07, 6.45) is 0.0175. The van der Waals surface area contributed by atoms with Crippen molar-refractivity contribution in [1.82, 2.24) is 9.99 Å². The van der Waals surface area contributed by atoms with Crippen molar-refractivity contribution in [2.45, 2.75) is 25.3 Å². The van der Waals surface area contributed by atoms with Gasteiger partial charge in [0.1, 0.15) is 10.9 Å². The number of carbonyl (C=O) groups excluding carboxylic acids is 1. The van der Waals surface area contributed by atoms with Crippen LogP contribution >= 0.6 is 11.6 Å². The van der Waals surface area contributed by atoms with Crippen LogP contribution < -0.4 is 4.74 Å². The van der Waals surface area contributed by atoms with Crippen LogP contribution in [0.25, 0.3) is 10.9 Å². The van der Waals surface area contributed by atoms with Gasteiger partial charge in [-0.3, -0.25) is 9.59 Å². The molecule has 0 saturated carbocycles. The van der Waals surface area contributed by atoms with Gasteiger partial charge in [0.2, 0.25) is 5.91 Å². The van der Waals surface area contributed by atoms with Crippen molar-refractivity contribution in [2.24, 2.45) is 5.10 Å². The van der Waals surface area contributed by atoms with E-state index in [0.717, 1.165) is 10.9 Å². The Hall–Kier alpha value is -2.35. The van der Waals surface area contributed by atoms with Crippen LogP contribution in [0.1, 0.15) is 36.4 Å². The minimum atomic E-state index is -1.04. The minimum absolute atomic E-state index is 0. The van der Waals surface area contributed by atoms with Crippen molar-refractivity contribution >= 4 is 40.1 Å². The fourth-order valence-electron chi connectivity index (χ4n) is 3.57. The Kier molecular flexibility index (Phi) is 7.98. The monoisotopic (exact) mass is 525 g/mol. The average molecular weight is 526 g/mol. The van der Waals surface area contributed by atoms with E-state index in [2.05, 4.69) is 16.2 Å². The number of benzene rings is 2. The molecule has 1 atom stereocenters. The SMILES string of the molecule is COc1ccc2cc(C3CC(c4cc[c-]cc4)=NN3C(=O)CCC(=O)O)c(Cl)nc2c1.[Y]. The molecule has 1 radical (unpaired) electrons. The third kappa shape index (κ3) is 5.17. The third-order valence-corrected chi connectivity index (χ3v) is 5.44. The molecule has 1 aromatic heterocycles. The van der Waals surface area contributed by atoms with E-state index in [0.29, 0.717) is 29.0 Å². The number of rotatable bonds is 6. The summed E-state index contributed by atoms with van der Waals surface area (Å²) in [5.41, 5.74) is 2.92. The molecule has 0 fully saturated rings. The van der Waals surface area contributed by atoms with Gasteiger partial charge < -0.3 is 9.84 Å². The molecule has 0 aliphatic carbocycles. The van der Waals surface area contributed by atoms with Gasteiger partial charge in [0.05, 0.1) is 25.1 Å². The fraction of sp³-hybridized carbons (Fsp3) is 0.217. The molecule has 1 amide bonds. The zero-order valence-corrected chi connectivity index (χ0v) is 20.9. The van der Waals surface area contributed by atoms with E-state index < -0.39 is 12.0 Å². The van der Waals surface area contributed by atoms with Gasteiger partial charge in [-0.1, -0.05) is 11.6 Å². The van der Waals surface area contributed by atoms with E-state index in [1.807, 2.05) is 30.3 Å². The molecule has 2 heterocycles. The van der Waals surface area contributed by atoms with Gasteiger partial charge in [-0.2, -0.15) is 35.4 Å². The first kappa shape index (κ1) is 24.3. The van der Waals surface area contributed by atoms with Gasteiger partial charge in [0, 0.05) is 68.3 Å². The number of hydrazone groups is 1. The van der Waals surface area contributed by atoms with Crippen LogP contribution in [0.2, 0.25) is 5.15 Å². The van der Waals surface area contributed by atoms with Crippen molar-refractivity contribution in [3.8, 4) is 5.75 Å². The van der Waals surface area contributed by atoms with Crippen molar-refractivity contribution in [2.75, 3.05) is 7.11 Å². The average Bonchev–Trinajstić information content (AvgIpc) is 3.22. The fourth-order valence-corrected chi connectivity index (χ4v) is 3.84. The predicted molar refractivity (Wildman–Crippen MR) is 116 cm³/mol. The maximum absolute atomic E-state index is 12.8. The molecule has 0 bridgehead atoms. The predicted octanol–water partition coefficient (Wildman–Crippen LogP) is 4.24. The van der Waals surface area contributed by atoms with E-state index >= 15 is 0 Å². The molecule has 1 N–H and O–H groups in total. The van der Waals surface area contributed by atoms with Crippen molar-refractivity contribution in [1.29, 1.82) is 0 Å². The van der Waals surface area contributed by atoms with E-state index in [-0.39, 0.29) is 56.6 Å². The quantitative estimate of drug-likeness (QED) is 0.384. The van der Waals surface area contributed by atoms with Crippen LogP contribution in [0, 0.1) is 6.07 Å². The summed E-state index contributed by atoms with van der Waals surface area (Å²) < 4.78 is 5.25. The summed E-state index contributed by atoms with van der Waals surface area (Å²) in [6, 6.07) is 17.2. The second-order valence-electron chi connectivity index (χ2n) is 7.11. The number of ether oxygens (including phenoxy) is 1. The van der Waals surface area contributed by atoms with Gasteiger partial charge in [-0.25, -0.2) is 9.99 Å². The molecule has 7 nitrogen and oxygen atoms in total. The summed E-state index contributed by atoms with van der Waals surface area (Å²) in [6.45, 7) is 0. The van der Waals surface area contributed by atoms with Crippen molar-refractivity contribution < 1.29 is 52.1 Å². The van der Waals surface area contributed by atoms with Gasteiger partial charge in [0.25, 0.3) is 0 Å². The summed E-state index contributed by atoms with van der Waals surface area (Å²) in [5, 5.41) is 16.0. The first-order chi connectivity index (χ1) is 15.0. The molecule has 32 heavy (non-hydrogen) atoms. The first-order valence-corrected chi connectivity index (χ1v) is 10.1. The zero-order valence-electron chi connectivity index (χ0n) is 17.3. The molecule has 0 saturated heterocycles. The number of carbonyl (C=O) groups is 2. The largest absolute Gasteiger partial charge is 0.497 e. The Morgan fingerprint density at radius 3 is 2.66 bits per heavy atom. The molecule has 3 aromatic rings. The Bertz CT molecular complexity index is 1190. The molecule has 1 aliphatic heterocycles. The topological polar surface area (TPSA) is 92.1 Å². The van der Waals surface area contributed by atoms with Crippen LogP contribution in [0.15, 0.2) is 53.6 Å². The summed E-state index contributed by atoms with van der Waals surface area (Å²) >= 11 is 6.53. The maximum atomic E-state index is 12.8. The Morgan fingerprint density at radius 1 is 1.22 bits per heavy atom. The Balaban J connectivity index is 0.00000289. The summed E-state index contributed by atoms with van der Waals surface area (Å²) in [5.74, 6) is -0.747. The van der Waals surface area contributed by atoms with Gasteiger partial charge in [-0.05, 0) is 18.2 Å². The number of aliphatic carboxylic acids is 1. The number of carboxylic acids is 1. The molecular weight excluding hydrogens is 507 g/mol. The van der Waals surface area contributed by atoms with E-state index in [1.54, 1.807) is 25.3 Å². The number of hydrogen-bond acceptors (Lipinski definition) is 5. The van der Waals surface area contributed by atoms with E-state index in [4.69, 9.17) is 21.4 Å². The molecule has 1 aliphatic rings. The van der Waals surface area contributed by atoms with Gasteiger partial charge >= 0.3 is 5.97 Å². The summed E-state index contributed by atoms with van der Waals surface area (Å²) in [7, 11) is 1.58. The van der Waals surface area contributed by atoms with Crippen molar-refractivity contribution in [3.63, 3.8) is 0 Å². The minimum Gasteiger partial charge on any atom is -0.497 e. The number of hydrogen-bond donors (Lipinski definition) is 1. The van der Waals surface area contributed by atoms with Crippen LogP contribution in [0.5, 0.6) is 5.75 Å². The molecule has 1 unspecified atom stereocenters. The van der Waals surface area contributed by atoms with Crippen LogP contribution in [0.4, 0.5) is 0 Å². The Labute approximate surface area is 215 Å². The van der Waals surface area contributed by atoms with Crippen LogP contribution in [0.3, 0.4) is 0 Å². The van der Waals surface area contributed by atoms with E-state index in [1.165, 1.54) is 5.01 Å². The molecular formula is C23H19ClN3O4Y-. The second kappa shape index (κ2) is 10.5. The molecule has 4 rings (SSSR count). The molecule has 9 heteroatoms. The van der Waals surface area contributed by atoms with Gasteiger partial charge in [-0.15, -0.1) is 5.56 Å². The number of halogens is 1. The number of pyridine rings is 1. The number of fused-ring (bicyclic) bond motifs is 1. The molecule has 2 aromatic carbocycles. The maximum Gasteiger partial charge on any atom is 0.303 e. The number of nitrogens with zero attached hydrogens (tertiary/aromatic N) is 3. The number of amides is 1. The smallest absolute Gasteiger partial charge is 0.303 e. The first-order valence-electron chi connectivity index (χ1n) is 9.68. The van der Waals surface area contributed by atoms with Gasteiger partial charge in [0.15, 0.2) is 0 Å².